The fourth-order valence-corrected chi connectivity index (χ4v) is 1.45. The molecule has 0 atom stereocenters. The predicted octanol–water partition coefficient (Wildman–Crippen LogP) is 4.74. The van der Waals surface area contributed by atoms with Crippen LogP contribution in [0.2, 0.25) is 0 Å². The summed E-state index contributed by atoms with van der Waals surface area (Å²) < 4.78 is 11.1. The van der Waals surface area contributed by atoms with Gasteiger partial charge in [-0.05, 0) is 48.4 Å². The Morgan fingerprint density at radius 2 is 1.74 bits per heavy atom. The van der Waals surface area contributed by atoms with E-state index in [2.05, 4.69) is 11.3 Å². The van der Waals surface area contributed by atoms with Gasteiger partial charge in [0.05, 0.1) is 6.61 Å². The van der Waals surface area contributed by atoms with Crippen molar-refractivity contribution in [2.75, 3.05) is 13.2 Å². The molecule has 1 rings (SSSR count). The Kier molecular flexibility index (Phi) is 8.33. The van der Waals surface area contributed by atoms with E-state index in [0.29, 0.717) is 13.2 Å². The van der Waals surface area contributed by atoms with Gasteiger partial charge in [0.2, 0.25) is 0 Å². The molecule has 0 unspecified atom stereocenters. The Hall–Kier alpha value is -1.01. The molecule has 0 saturated heterocycles. The van der Waals surface area contributed by atoms with Gasteiger partial charge in [-0.2, -0.15) is 0 Å². The number of rotatable bonds is 7. The van der Waals surface area contributed by atoms with Gasteiger partial charge in [0.25, 0.3) is 0 Å². The highest BCUT2D eigenvalue weighted by Gasteiger charge is 1.96. The Labute approximate surface area is 128 Å². The summed E-state index contributed by atoms with van der Waals surface area (Å²) in [6.07, 6.45) is 3.15. The van der Waals surface area contributed by atoms with Crippen LogP contribution >= 0.6 is 34.8 Å². The average Bonchev–Trinajstić information content (AvgIpc) is 2.40. The number of unbranched alkanes of at least 4 members (excludes halogenated alkanes) is 1. The summed E-state index contributed by atoms with van der Waals surface area (Å²) in [5, 5.41) is 2.33. The zero-order chi connectivity index (χ0) is 13.9. The largest absolute Gasteiger partial charge is 0.494 e. The SMILES string of the molecule is ClC#CCCCOc1ccc(OCC=C(Cl)Cl)cc1. The Bertz CT molecular complexity index is 454. The molecule has 0 aliphatic rings. The third kappa shape index (κ3) is 7.89. The molecule has 2 nitrogen and oxygen atoms in total. The van der Waals surface area contributed by atoms with E-state index in [-0.39, 0.29) is 4.49 Å². The first kappa shape index (κ1) is 16.0. The lowest BCUT2D eigenvalue weighted by Crippen LogP contribution is -1.97. The lowest BCUT2D eigenvalue weighted by atomic mass is 10.3. The summed E-state index contributed by atoms with van der Waals surface area (Å²) >= 11 is 16.2. The minimum Gasteiger partial charge on any atom is -0.494 e. The normalized spacial score (nSPS) is 9.21. The molecule has 1 aromatic rings. The number of halogens is 3. The molecular weight excluding hydrogens is 307 g/mol. The Morgan fingerprint density at radius 1 is 1.11 bits per heavy atom. The predicted molar refractivity (Wildman–Crippen MR) is 80.1 cm³/mol. The van der Waals surface area contributed by atoms with Crippen LogP contribution in [0.25, 0.3) is 0 Å². The van der Waals surface area contributed by atoms with E-state index in [1.165, 1.54) is 0 Å². The van der Waals surface area contributed by atoms with E-state index in [9.17, 15) is 0 Å². The first-order valence-corrected chi connectivity index (χ1v) is 6.81. The van der Waals surface area contributed by atoms with Crippen LogP contribution in [0.1, 0.15) is 12.8 Å². The highest BCUT2D eigenvalue weighted by Crippen LogP contribution is 2.18. The fraction of sp³-hybridized carbons (Fsp3) is 0.286. The number of hydrogen-bond donors (Lipinski definition) is 0. The van der Waals surface area contributed by atoms with Gasteiger partial charge in [0.15, 0.2) is 0 Å². The number of ether oxygens (including phenoxy) is 2. The van der Waals surface area contributed by atoms with E-state index in [0.717, 1.165) is 24.3 Å². The first-order chi connectivity index (χ1) is 9.22. The van der Waals surface area contributed by atoms with Gasteiger partial charge < -0.3 is 9.47 Å². The van der Waals surface area contributed by atoms with Crippen molar-refractivity contribution >= 4 is 34.8 Å². The number of benzene rings is 1. The lowest BCUT2D eigenvalue weighted by molar-refractivity contribution is 0.311. The fourth-order valence-electron chi connectivity index (χ4n) is 1.23. The minimum absolute atomic E-state index is 0.194. The molecule has 102 valence electrons. The zero-order valence-electron chi connectivity index (χ0n) is 10.2. The third-order valence-corrected chi connectivity index (χ3v) is 2.54. The smallest absolute Gasteiger partial charge is 0.120 e. The van der Waals surface area contributed by atoms with Crippen LogP contribution in [0.4, 0.5) is 0 Å². The average molecular weight is 320 g/mol. The van der Waals surface area contributed by atoms with Crippen molar-refractivity contribution in [1.82, 2.24) is 0 Å². The quantitative estimate of drug-likeness (QED) is 0.533. The van der Waals surface area contributed by atoms with E-state index in [4.69, 9.17) is 44.3 Å². The molecule has 0 fully saturated rings. The molecule has 19 heavy (non-hydrogen) atoms. The van der Waals surface area contributed by atoms with Gasteiger partial charge in [-0.15, -0.1) is 0 Å². The summed E-state index contributed by atoms with van der Waals surface area (Å²) in [5.41, 5.74) is 0. The molecule has 0 heterocycles. The molecule has 0 aromatic heterocycles. The van der Waals surface area contributed by atoms with Crippen LogP contribution in [0.5, 0.6) is 11.5 Å². The zero-order valence-corrected chi connectivity index (χ0v) is 12.4. The molecule has 5 heteroatoms. The Balaban J connectivity index is 2.30. The molecule has 0 N–H and O–H groups in total. The standard InChI is InChI=1S/C14H13Cl3O2/c15-9-2-1-3-10-18-12-4-6-13(7-5-12)19-11-8-14(16)17/h4-8H,1,3,10-11H2. The topological polar surface area (TPSA) is 18.5 Å². The highest BCUT2D eigenvalue weighted by atomic mass is 35.5. The maximum atomic E-state index is 5.53. The molecule has 0 saturated carbocycles. The van der Waals surface area contributed by atoms with E-state index in [1.54, 1.807) is 6.08 Å². The van der Waals surface area contributed by atoms with Crippen molar-refractivity contribution < 1.29 is 9.47 Å². The molecule has 1 aromatic carbocycles. The van der Waals surface area contributed by atoms with Crippen molar-refractivity contribution in [3.05, 3.63) is 34.8 Å². The van der Waals surface area contributed by atoms with Gasteiger partial charge in [0.1, 0.15) is 22.6 Å². The van der Waals surface area contributed by atoms with Crippen LogP contribution in [0.3, 0.4) is 0 Å². The van der Waals surface area contributed by atoms with Gasteiger partial charge in [0, 0.05) is 11.8 Å². The van der Waals surface area contributed by atoms with Crippen LogP contribution in [-0.4, -0.2) is 13.2 Å². The maximum absolute atomic E-state index is 5.53. The molecule has 0 aliphatic heterocycles. The summed E-state index contributed by atoms with van der Waals surface area (Å²) in [6, 6.07) is 7.33. The van der Waals surface area contributed by atoms with E-state index < -0.39 is 0 Å². The van der Waals surface area contributed by atoms with Crippen molar-refractivity contribution in [3.63, 3.8) is 0 Å². The van der Waals surface area contributed by atoms with Crippen molar-refractivity contribution in [2.24, 2.45) is 0 Å². The monoisotopic (exact) mass is 318 g/mol. The third-order valence-electron chi connectivity index (χ3n) is 2.09. The van der Waals surface area contributed by atoms with Gasteiger partial charge >= 0.3 is 0 Å². The minimum atomic E-state index is 0.194. The molecule has 0 spiro atoms. The van der Waals surface area contributed by atoms with Crippen molar-refractivity contribution in [2.45, 2.75) is 12.8 Å². The lowest BCUT2D eigenvalue weighted by Gasteiger charge is -2.07. The molecule has 0 amide bonds. The van der Waals surface area contributed by atoms with Crippen LogP contribution in [0.15, 0.2) is 34.8 Å². The first-order valence-electron chi connectivity index (χ1n) is 5.67. The second-order valence-electron chi connectivity index (χ2n) is 3.50. The summed E-state index contributed by atoms with van der Waals surface area (Å²) in [6.45, 7) is 0.940. The maximum Gasteiger partial charge on any atom is 0.120 e. The van der Waals surface area contributed by atoms with Gasteiger partial charge in [-0.25, -0.2) is 0 Å². The van der Waals surface area contributed by atoms with Crippen LogP contribution in [0, 0.1) is 11.3 Å². The summed E-state index contributed by atoms with van der Waals surface area (Å²) in [5.74, 6) is 4.28. The van der Waals surface area contributed by atoms with Gasteiger partial charge in [-0.3, -0.25) is 0 Å². The summed E-state index contributed by atoms with van der Waals surface area (Å²) in [7, 11) is 0. The van der Waals surface area contributed by atoms with E-state index in [1.807, 2.05) is 24.3 Å². The van der Waals surface area contributed by atoms with Gasteiger partial charge in [-0.1, -0.05) is 29.1 Å². The second kappa shape index (κ2) is 9.86. The summed E-state index contributed by atoms with van der Waals surface area (Å²) in [4.78, 5) is 0. The van der Waals surface area contributed by atoms with Crippen LogP contribution < -0.4 is 9.47 Å². The highest BCUT2D eigenvalue weighted by molar-refractivity contribution is 6.55. The molecule has 0 bridgehead atoms. The van der Waals surface area contributed by atoms with E-state index >= 15 is 0 Å². The second-order valence-corrected chi connectivity index (χ2v) is 4.70. The number of hydrogen-bond acceptors (Lipinski definition) is 2. The van der Waals surface area contributed by atoms with Crippen molar-refractivity contribution in [3.8, 4) is 22.8 Å². The molecule has 0 radical (unpaired) electrons. The molecular formula is C14H13Cl3O2. The van der Waals surface area contributed by atoms with Crippen molar-refractivity contribution in [1.29, 1.82) is 0 Å². The molecule has 0 aliphatic carbocycles. The Morgan fingerprint density at radius 3 is 2.32 bits per heavy atom. The van der Waals surface area contributed by atoms with Crippen LogP contribution in [-0.2, 0) is 0 Å².